The smallest absolute Gasteiger partial charge is 0.153 e. The van der Waals surface area contributed by atoms with Crippen molar-refractivity contribution in [2.45, 2.75) is 44.6 Å². The zero-order valence-electron chi connectivity index (χ0n) is 10.4. The number of carbonyl (C=O) groups excluding carboxylic acids is 1. The molecule has 2 rings (SSSR count). The maximum Gasteiger partial charge on any atom is 0.153 e. The predicted octanol–water partition coefficient (Wildman–Crippen LogP) is 3.05. The molecule has 92 valence electrons. The second-order valence-electron chi connectivity index (χ2n) is 4.79. The van der Waals surface area contributed by atoms with E-state index in [4.69, 9.17) is 0 Å². The maximum absolute atomic E-state index is 11.0. The van der Waals surface area contributed by atoms with Gasteiger partial charge in [0.25, 0.3) is 0 Å². The van der Waals surface area contributed by atoms with Gasteiger partial charge in [0.15, 0.2) is 6.29 Å². The van der Waals surface area contributed by atoms with Gasteiger partial charge in [0.2, 0.25) is 0 Å². The molecule has 0 atom stereocenters. The summed E-state index contributed by atoms with van der Waals surface area (Å²) in [5.74, 6) is 0.828. The summed E-state index contributed by atoms with van der Waals surface area (Å²) in [5.41, 5.74) is 0.694. The van der Waals surface area contributed by atoms with Gasteiger partial charge in [0, 0.05) is 19.3 Å². The van der Waals surface area contributed by atoms with Crippen LogP contribution in [0.5, 0.6) is 0 Å². The van der Waals surface area contributed by atoms with Gasteiger partial charge in [0.05, 0.1) is 5.56 Å². The molecule has 1 aromatic rings. The van der Waals surface area contributed by atoms with Crippen LogP contribution in [0.4, 0.5) is 5.82 Å². The van der Waals surface area contributed by atoms with E-state index in [1.165, 1.54) is 38.5 Å². The Kier molecular flexibility index (Phi) is 4.13. The van der Waals surface area contributed by atoms with E-state index in [1.54, 1.807) is 6.20 Å². The van der Waals surface area contributed by atoms with E-state index in [0.717, 1.165) is 12.1 Å². The van der Waals surface area contributed by atoms with Gasteiger partial charge >= 0.3 is 0 Å². The maximum atomic E-state index is 11.0. The summed E-state index contributed by atoms with van der Waals surface area (Å²) < 4.78 is 0. The third kappa shape index (κ3) is 2.84. The van der Waals surface area contributed by atoms with Crippen LogP contribution in [0.2, 0.25) is 0 Å². The van der Waals surface area contributed by atoms with Crippen molar-refractivity contribution in [2.24, 2.45) is 0 Å². The SMILES string of the molecule is CN(c1ncccc1C=O)C1CCCCCC1. The zero-order chi connectivity index (χ0) is 12.1. The van der Waals surface area contributed by atoms with E-state index in [9.17, 15) is 4.79 Å². The summed E-state index contributed by atoms with van der Waals surface area (Å²) >= 11 is 0. The summed E-state index contributed by atoms with van der Waals surface area (Å²) in [4.78, 5) is 17.6. The molecule has 3 nitrogen and oxygen atoms in total. The molecule has 0 N–H and O–H groups in total. The molecule has 1 fully saturated rings. The van der Waals surface area contributed by atoms with Crippen LogP contribution in [0, 0.1) is 0 Å². The Labute approximate surface area is 103 Å². The number of aldehydes is 1. The van der Waals surface area contributed by atoms with E-state index in [2.05, 4.69) is 16.9 Å². The van der Waals surface area contributed by atoms with Crippen LogP contribution < -0.4 is 4.90 Å². The third-order valence-corrected chi connectivity index (χ3v) is 3.65. The van der Waals surface area contributed by atoms with Gasteiger partial charge in [-0.2, -0.15) is 0 Å². The van der Waals surface area contributed by atoms with Gasteiger partial charge in [-0.15, -0.1) is 0 Å². The quantitative estimate of drug-likeness (QED) is 0.593. The van der Waals surface area contributed by atoms with Crippen LogP contribution in [-0.2, 0) is 0 Å². The molecule has 0 radical (unpaired) electrons. The van der Waals surface area contributed by atoms with Crippen molar-refractivity contribution in [3.63, 3.8) is 0 Å². The molecule has 1 aromatic heterocycles. The van der Waals surface area contributed by atoms with Gasteiger partial charge in [-0.25, -0.2) is 4.98 Å². The van der Waals surface area contributed by atoms with Crippen molar-refractivity contribution >= 4 is 12.1 Å². The molecule has 0 saturated heterocycles. The Bertz CT molecular complexity index is 370. The molecule has 17 heavy (non-hydrogen) atoms. The van der Waals surface area contributed by atoms with Gasteiger partial charge in [0.1, 0.15) is 5.82 Å². The highest BCUT2D eigenvalue weighted by atomic mass is 16.1. The highest BCUT2D eigenvalue weighted by Gasteiger charge is 2.19. The highest BCUT2D eigenvalue weighted by molar-refractivity contribution is 5.82. The van der Waals surface area contributed by atoms with E-state index >= 15 is 0 Å². The van der Waals surface area contributed by atoms with Gasteiger partial charge < -0.3 is 4.90 Å². The second kappa shape index (κ2) is 5.80. The molecular formula is C14H20N2O. The van der Waals surface area contributed by atoms with Crippen LogP contribution in [0.1, 0.15) is 48.9 Å². The molecule has 0 spiro atoms. The third-order valence-electron chi connectivity index (χ3n) is 3.65. The minimum Gasteiger partial charge on any atom is -0.356 e. The second-order valence-corrected chi connectivity index (χ2v) is 4.79. The summed E-state index contributed by atoms with van der Waals surface area (Å²) in [5, 5.41) is 0. The Morgan fingerprint density at radius 3 is 2.65 bits per heavy atom. The predicted molar refractivity (Wildman–Crippen MR) is 69.5 cm³/mol. The standard InChI is InChI=1S/C14H20N2O/c1-16(13-8-4-2-3-5-9-13)14-12(11-17)7-6-10-15-14/h6-7,10-11,13H,2-5,8-9H2,1H3. The van der Waals surface area contributed by atoms with Gasteiger partial charge in [-0.05, 0) is 25.0 Å². The normalized spacial score (nSPS) is 17.5. The van der Waals surface area contributed by atoms with Crippen LogP contribution in [-0.4, -0.2) is 24.4 Å². The Balaban J connectivity index is 2.16. The Morgan fingerprint density at radius 1 is 1.29 bits per heavy atom. The molecule has 0 aromatic carbocycles. The van der Waals surface area contributed by atoms with Crippen molar-refractivity contribution in [3.8, 4) is 0 Å². The summed E-state index contributed by atoms with van der Waals surface area (Å²) in [7, 11) is 2.06. The molecule has 1 saturated carbocycles. The van der Waals surface area contributed by atoms with Crippen molar-refractivity contribution in [3.05, 3.63) is 23.9 Å². The zero-order valence-corrected chi connectivity index (χ0v) is 10.4. The van der Waals surface area contributed by atoms with Crippen LogP contribution >= 0.6 is 0 Å². The van der Waals surface area contributed by atoms with Crippen LogP contribution in [0.25, 0.3) is 0 Å². The molecule has 0 amide bonds. The van der Waals surface area contributed by atoms with E-state index in [0.29, 0.717) is 11.6 Å². The van der Waals surface area contributed by atoms with Gasteiger partial charge in [-0.1, -0.05) is 25.7 Å². The lowest BCUT2D eigenvalue weighted by Crippen LogP contribution is -2.32. The summed E-state index contributed by atoms with van der Waals surface area (Å²) in [6.07, 6.45) is 10.3. The first kappa shape index (κ1) is 12.1. The van der Waals surface area contributed by atoms with E-state index in [-0.39, 0.29) is 0 Å². The number of carbonyl (C=O) groups is 1. The molecule has 1 heterocycles. The minimum atomic E-state index is 0.533. The lowest BCUT2D eigenvalue weighted by molar-refractivity contribution is 0.112. The first-order valence-corrected chi connectivity index (χ1v) is 6.46. The molecule has 1 aliphatic carbocycles. The molecule has 3 heteroatoms. The molecule has 1 aliphatic rings. The molecule has 0 aliphatic heterocycles. The fraction of sp³-hybridized carbons (Fsp3) is 0.571. The topological polar surface area (TPSA) is 33.2 Å². The van der Waals surface area contributed by atoms with Crippen LogP contribution in [0.3, 0.4) is 0 Å². The van der Waals surface area contributed by atoms with E-state index < -0.39 is 0 Å². The van der Waals surface area contributed by atoms with Crippen molar-refractivity contribution < 1.29 is 4.79 Å². The average Bonchev–Trinajstić information content (AvgIpc) is 2.66. The lowest BCUT2D eigenvalue weighted by atomic mass is 10.1. The molecule has 0 unspecified atom stereocenters. The number of pyridine rings is 1. The number of nitrogens with zero attached hydrogens (tertiary/aromatic N) is 2. The summed E-state index contributed by atoms with van der Waals surface area (Å²) in [6.45, 7) is 0. The number of aromatic nitrogens is 1. The van der Waals surface area contributed by atoms with Crippen molar-refractivity contribution in [1.29, 1.82) is 0 Å². The van der Waals surface area contributed by atoms with Gasteiger partial charge in [-0.3, -0.25) is 4.79 Å². The first-order valence-electron chi connectivity index (χ1n) is 6.46. The Morgan fingerprint density at radius 2 is 2.00 bits per heavy atom. The van der Waals surface area contributed by atoms with E-state index in [1.807, 2.05) is 12.1 Å². The molecule has 0 bridgehead atoms. The van der Waals surface area contributed by atoms with Crippen LogP contribution in [0.15, 0.2) is 18.3 Å². The van der Waals surface area contributed by atoms with Crippen molar-refractivity contribution in [1.82, 2.24) is 4.98 Å². The fourth-order valence-corrected chi connectivity index (χ4v) is 2.61. The highest BCUT2D eigenvalue weighted by Crippen LogP contribution is 2.25. The average molecular weight is 232 g/mol. The number of anilines is 1. The first-order chi connectivity index (χ1) is 8.33. The van der Waals surface area contributed by atoms with Crippen molar-refractivity contribution in [2.75, 3.05) is 11.9 Å². The lowest BCUT2D eigenvalue weighted by Gasteiger charge is -2.29. The summed E-state index contributed by atoms with van der Waals surface area (Å²) in [6, 6.07) is 4.18. The fourth-order valence-electron chi connectivity index (χ4n) is 2.61. The monoisotopic (exact) mass is 232 g/mol. The number of hydrogen-bond donors (Lipinski definition) is 0. The number of hydrogen-bond acceptors (Lipinski definition) is 3. The Hall–Kier alpha value is -1.38. The minimum absolute atomic E-state index is 0.533. The number of rotatable bonds is 3. The largest absolute Gasteiger partial charge is 0.356 e. The molecular weight excluding hydrogens is 212 g/mol.